The molecule has 0 aliphatic heterocycles. The maximum Gasteiger partial charge on any atom is 0.433 e. The Bertz CT molecular complexity index is 1510. The van der Waals surface area contributed by atoms with Gasteiger partial charge in [0.05, 0.1) is 31.6 Å². The maximum absolute atomic E-state index is 14.3. The third kappa shape index (κ3) is 6.24. The first kappa shape index (κ1) is 30.5. The molecule has 0 bridgehead atoms. The van der Waals surface area contributed by atoms with Gasteiger partial charge in [-0.1, -0.05) is 0 Å². The summed E-state index contributed by atoms with van der Waals surface area (Å²) in [5, 5.41) is 16.0. The Morgan fingerprint density at radius 1 is 1.17 bits per heavy atom. The Kier molecular flexibility index (Phi) is 9.05. The van der Waals surface area contributed by atoms with Gasteiger partial charge >= 0.3 is 6.18 Å². The maximum atomic E-state index is 14.3. The number of carbonyl (C=O) groups excluding carboxylic acids is 1. The highest BCUT2D eigenvalue weighted by atomic mass is 32.1. The van der Waals surface area contributed by atoms with Crippen LogP contribution in [-0.2, 0) is 6.18 Å². The van der Waals surface area contributed by atoms with Crippen LogP contribution in [0.1, 0.15) is 51.9 Å². The quantitative estimate of drug-likeness (QED) is 0.259. The average molecular weight is 590 g/mol. The average Bonchev–Trinajstić information content (AvgIpc) is 3.53. The SMILES string of the molecule is COc1ccc(-c2nc3c(C(=O)N(CCN(C)[C@H](CO)c4cc(C)cs4)C(C)C)cnn3c(C(F)(F)F)c2C)cc1. The van der Waals surface area contributed by atoms with Crippen LogP contribution in [0.5, 0.6) is 5.75 Å². The van der Waals surface area contributed by atoms with E-state index in [1.54, 1.807) is 40.5 Å². The summed E-state index contributed by atoms with van der Waals surface area (Å²) in [6.07, 6.45) is -3.58. The van der Waals surface area contributed by atoms with Crippen LogP contribution in [-0.4, -0.2) is 75.3 Å². The smallest absolute Gasteiger partial charge is 0.433 e. The summed E-state index contributed by atoms with van der Waals surface area (Å²) >= 11 is 1.56. The lowest BCUT2D eigenvalue weighted by molar-refractivity contribution is -0.143. The molecule has 0 saturated heterocycles. The number of aryl methyl sites for hydroxylation is 1. The lowest BCUT2D eigenvalue weighted by Gasteiger charge is -2.31. The van der Waals surface area contributed by atoms with E-state index in [4.69, 9.17) is 4.74 Å². The monoisotopic (exact) mass is 589 g/mol. The number of halogens is 3. The van der Waals surface area contributed by atoms with Crippen LogP contribution in [0, 0.1) is 13.8 Å². The zero-order valence-electron chi connectivity index (χ0n) is 23.9. The number of alkyl halides is 3. The molecular formula is C29H34F3N5O3S. The summed E-state index contributed by atoms with van der Waals surface area (Å²) in [4.78, 5) is 22.9. The normalized spacial score (nSPS) is 12.9. The second-order valence-corrected chi connectivity index (χ2v) is 11.2. The Balaban J connectivity index is 1.71. The summed E-state index contributed by atoms with van der Waals surface area (Å²) in [7, 11) is 3.37. The first-order valence-electron chi connectivity index (χ1n) is 13.1. The molecule has 1 aromatic carbocycles. The van der Waals surface area contributed by atoms with Gasteiger partial charge in [0.15, 0.2) is 11.3 Å². The van der Waals surface area contributed by atoms with Crippen molar-refractivity contribution in [3.05, 3.63) is 69.2 Å². The highest BCUT2D eigenvalue weighted by Gasteiger charge is 2.39. The van der Waals surface area contributed by atoms with Crippen molar-refractivity contribution in [2.75, 3.05) is 33.9 Å². The Labute approximate surface area is 241 Å². The van der Waals surface area contributed by atoms with E-state index in [0.717, 1.165) is 16.6 Å². The Morgan fingerprint density at radius 2 is 1.85 bits per heavy atom. The second-order valence-electron chi connectivity index (χ2n) is 10.3. The van der Waals surface area contributed by atoms with Gasteiger partial charge in [-0.05, 0) is 76.0 Å². The van der Waals surface area contributed by atoms with Crippen LogP contribution in [0.2, 0.25) is 0 Å². The largest absolute Gasteiger partial charge is 0.497 e. The highest BCUT2D eigenvalue weighted by Crippen LogP contribution is 2.37. The Hall–Kier alpha value is -3.48. The van der Waals surface area contributed by atoms with Gasteiger partial charge < -0.3 is 14.7 Å². The molecular weight excluding hydrogens is 555 g/mol. The first-order valence-corrected chi connectivity index (χ1v) is 14.0. The minimum Gasteiger partial charge on any atom is -0.497 e. The molecule has 4 rings (SSSR count). The second kappa shape index (κ2) is 12.2. The topological polar surface area (TPSA) is 83.2 Å². The summed E-state index contributed by atoms with van der Waals surface area (Å²) < 4.78 is 48.9. The number of amides is 1. The summed E-state index contributed by atoms with van der Waals surface area (Å²) in [6, 6.07) is 8.09. The van der Waals surface area contributed by atoms with Crippen molar-refractivity contribution in [1.82, 2.24) is 24.4 Å². The molecule has 0 fully saturated rings. The van der Waals surface area contributed by atoms with Gasteiger partial charge in [-0.15, -0.1) is 11.3 Å². The molecule has 12 heteroatoms. The highest BCUT2D eigenvalue weighted by molar-refractivity contribution is 7.10. The number of rotatable bonds is 10. The van der Waals surface area contributed by atoms with Crippen molar-refractivity contribution in [3.8, 4) is 17.0 Å². The van der Waals surface area contributed by atoms with E-state index in [-0.39, 0.29) is 47.7 Å². The number of ether oxygens (including phenoxy) is 1. The molecule has 1 atom stereocenters. The van der Waals surface area contributed by atoms with Crippen LogP contribution in [0.25, 0.3) is 16.9 Å². The Morgan fingerprint density at radius 3 is 2.39 bits per heavy atom. The van der Waals surface area contributed by atoms with Gasteiger partial charge in [-0.3, -0.25) is 9.69 Å². The fourth-order valence-electron chi connectivity index (χ4n) is 4.83. The molecule has 4 aromatic rings. The van der Waals surface area contributed by atoms with E-state index in [0.29, 0.717) is 22.4 Å². The van der Waals surface area contributed by atoms with Gasteiger partial charge in [0, 0.05) is 35.1 Å². The van der Waals surface area contributed by atoms with Gasteiger partial charge in [-0.2, -0.15) is 18.3 Å². The summed E-state index contributed by atoms with van der Waals surface area (Å²) in [5.74, 6) is 0.0833. The van der Waals surface area contributed by atoms with E-state index in [9.17, 15) is 23.1 Å². The summed E-state index contributed by atoms with van der Waals surface area (Å²) in [6.45, 7) is 7.66. The number of hydrogen-bond donors (Lipinski definition) is 1. The number of aliphatic hydroxyl groups is 1. The molecule has 8 nitrogen and oxygen atoms in total. The minimum atomic E-state index is -4.74. The number of benzene rings is 1. The van der Waals surface area contributed by atoms with Crippen LogP contribution in [0.4, 0.5) is 13.2 Å². The number of methoxy groups -OCH3 is 1. The van der Waals surface area contributed by atoms with Crippen LogP contribution in [0.15, 0.2) is 41.9 Å². The molecule has 41 heavy (non-hydrogen) atoms. The van der Waals surface area contributed by atoms with Crippen molar-refractivity contribution in [3.63, 3.8) is 0 Å². The molecule has 0 spiro atoms. The lowest BCUT2D eigenvalue weighted by Crippen LogP contribution is -2.42. The van der Waals surface area contributed by atoms with E-state index in [2.05, 4.69) is 10.1 Å². The van der Waals surface area contributed by atoms with Gasteiger partial charge in [-0.25, -0.2) is 9.50 Å². The fourth-order valence-corrected chi connectivity index (χ4v) is 5.89. The van der Waals surface area contributed by atoms with Crippen molar-refractivity contribution in [2.24, 2.45) is 0 Å². The molecule has 0 aliphatic carbocycles. The number of hydrogen-bond acceptors (Lipinski definition) is 7. The first-order chi connectivity index (χ1) is 19.4. The molecule has 3 heterocycles. The van der Waals surface area contributed by atoms with Crippen molar-refractivity contribution < 1.29 is 27.8 Å². The van der Waals surface area contributed by atoms with Crippen LogP contribution >= 0.6 is 11.3 Å². The number of fused-ring (bicyclic) bond motifs is 1. The molecule has 3 aromatic heterocycles. The minimum absolute atomic E-state index is 0.0193. The predicted octanol–water partition coefficient (Wildman–Crippen LogP) is 5.62. The van der Waals surface area contributed by atoms with Gasteiger partial charge in [0.25, 0.3) is 5.91 Å². The number of likely N-dealkylation sites (N-methyl/N-ethyl adjacent to an activating group) is 1. The van der Waals surface area contributed by atoms with Crippen LogP contribution < -0.4 is 4.74 Å². The zero-order valence-corrected chi connectivity index (χ0v) is 24.7. The van der Waals surface area contributed by atoms with Crippen molar-refractivity contribution >= 4 is 22.9 Å². The number of nitrogens with zero attached hydrogens (tertiary/aromatic N) is 5. The van der Waals surface area contributed by atoms with Crippen LogP contribution in [0.3, 0.4) is 0 Å². The molecule has 0 radical (unpaired) electrons. The number of aliphatic hydroxyl groups excluding tert-OH is 1. The molecule has 220 valence electrons. The van der Waals surface area contributed by atoms with Gasteiger partial charge in [0.2, 0.25) is 0 Å². The van der Waals surface area contributed by atoms with Crippen molar-refractivity contribution in [1.29, 1.82) is 0 Å². The van der Waals surface area contributed by atoms with E-state index in [1.165, 1.54) is 14.0 Å². The molecule has 1 amide bonds. The lowest BCUT2D eigenvalue weighted by atomic mass is 10.0. The van der Waals surface area contributed by atoms with E-state index in [1.807, 2.05) is 44.2 Å². The number of thiophene rings is 1. The molecule has 0 unspecified atom stereocenters. The zero-order chi connectivity index (χ0) is 30.1. The van der Waals surface area contributed by atoms with E-state index < -0.39 is 17.8 Å². The predicted molar refractivity (Wildman–Crippen MR) is 152 cm³/mol. The fraction of sp³-hybridized carbons (Fsp3) is 0.414. The summed E-state index contributed by atoms with van der Waals surface area (Å²) in [5.41, 5.74) is 0.402. The number of aromatic nitrogens is 3. The number of carbonyl (C=O) groups is 1. The standard InChI is InChI=1S/C29H34F3N5O3S/c1-17(2)36(12-11-35(5)23(15-38)24-13-18(3)16-41-24)28(39)22-14-33-37-26(29(30,31)32)19(4)25(34-27(22)37)20-7-9-21(40-6)10-8-20/h7-10,13-14,16-17,23,38H,11-12,15H2,1-6H3/t23-/m1/s1. The molecule has 1 N–H and O–H groups in total. The van der Waals surface area contributed by atoms with Gasteiger partial charge in [0.1, 0.15) is 11.3 Å². The third-order valence-corrected chi connectivity index (χ3v) is 8.26. The van der Waals surface area contributed by atoms with Crippen molar-refractivity contribution in [2.45, 2.75) is 46.0 Å². The molecule has 0 saturated carbocycles. The van der Waals surface area contributed by atoms with E-state index >= 15 is 0 Å². The third-order valence-electron chi connectivity index (χ3n) is 7.11. The molecule has 0 aliphatic rings.